The van der Waals surface area contributed by atoms with Crippen LogP contribution in [0.2, 0.25) is 5.02 Å². The zero-order valence-electron chi connectivity index (χ0n) is 10.4. The van der Waals surface area contributed by atoms with Crippen LogP contribution in [0.4, 0.5) is 4.39 Å². The first kappa shape index (κ1) is 13.6. The van der Waals surface area contributed by atoms with Gasteiger partial charge in [-0.15, -0.1) is 0 Å². The van der Waals surface area contributed by atoms with Gasteiger partial charge in [-0.2, -0.15) is 0 Å². The van der Waals surface area contributed by atoms with Crippen molar-refractivity contribution in [3.63, 3.8) is 0 Å². The third-order valence-electron chi connectivity index (χ3n) is 2.74. The molecule has 0 amide bonds. The molecule has 2 nitrogen and oxygen atoms in total. The molecular formula is C15H13ClFNO. The summed E-state index contributed by atoms with van der Waals surface area (Å²) >= 11 is 5.95. The topological polar surface area (TPSA) is 33.1 Å². The van der Waals surface area contributed by atoms with Gasteiger partial charge < -0.3 is 10.1 Å². The Bertz CT molecular complexity index is 596. The van der Waals surface area contributed by atoms with E-state index in [1.807, 2.05) is 6.92 Å². The third-order valence-corrected chi connectivity index (χ3v) is 3.09. The minimum Gasteiger partial charge on any atom is -0.492 e. The van der Waals surface area contributed by atoms with Gasteiger partial charge >= 0.3 is 0 Å². The number of rotatable bonds is 4. The fourth-order valence-corrected chi connectivity index (χ4v) is 2.00. The van der Waals surface area contributed by atoms with Crippen LogP contribution >= 0.6 is 11.6 Å². The molecular weight excluding hydrogens is 265 g/mol. The third kappa shape index (κ3) is 2.76. The van der Waals surface area contributed by atoms with Gasteiger partial charge in [-0.25, -0.2) is 4.39 Å². The van der Waals surface area contributed by atoms with E-state index in [-0.39, 0.29) is 5.02 Å². The molecule has 2 aromatic rings. The van der Waals surface area contributed by atoms with Crippen molar-refractivity contribution in [2.45, 2.75) is 6.92 Å². The molecule has 1 N–H and O–H groups in total. The fraction of sp³-hybridized carbons (Fsp3) is 0.133. The summed E-state index contributed by atoms with van der Waals surface area (Å²) in [7, 11) is 0. The second-order valence-corrected chi connectivity index (χ2v) is 4.32. The molecule has 2 rings (SSSR count). The number of ether oxygens (including phenoxy) is 1. The van der Waals surface area contributed by atoms with Crippen LogP contribution in [0.3, 0.4) is 0 Å². The Morgan fingerprint density at radius 3 is 2.47 bits per heavy atom. The smallest absolute Gasteiger partial charge is 0.153 e. The first-order valence-corrected chi connectivity index (χ1v) is 6.27. The average molecular weight is 278 g/mol. The Balaban J connectivity index is 2.44. The summed E-state index contributed by atoms with van der Waals surface area (Å²) in [6.45, 7) is 2.25. The van der Waals surface area contributed by atoms with Crippen LogP contribution in [0.25, 0.3) is 11.1 Å². The lowest BCUT2D eigenvalue weighted by atomic mass is 10.0. The Hall–Kier alpha value is -1.87. The number of nitrogens with one attached hydrogen (secondary N) is 1. The molecule has 0 unspecified atom stereocenters. The molecule has 0 saturated heterocycles. The molecule has 0 atom stereocenters. The first-order chi connectivity index (χ1) is 9.17. The highest BCUT2D eigenvalue weighted by Gasteiger charge is 2.13. The summed E-state index contributed by atoms with van der Waals surface area (Å²) in [5.41, 5.74) is 1.90. The molecule has 0 spiro atoms. The second kappa shape index (κ2) is 5.85. The molecule has 0 radical (unpaired) electrons. The normalized spacial score (nSPS) is 10.3. The highest BCUT2D eigenvalue weighted by atomic mass is 35.5. The molecule has 98 valence electrons. The van der Waals surface area contributed by atoms with E-state index in [0.717, 1.165) is 5.56 Å². The molecule has 0 aliphatic carbocycles. The predicted octanol–water partition coefficient (Wildman–Crippen LogP) is 4.54. The van der Waals surface area contributed by atoms with Gasteiger partial charge in [0.25, 0.3) is 0 Å². The fourth-order valence-electron chi connectivity index (χ4n) is 1.78. The second-order valence-electron chi connectivity index (χ2n) is 3.94. The minimum absolute atomic E-state index is 0.00418. The number of hydrogen-bond donors (Lipinski definition) is 1. The van der Waals surface area contributed by atoms with E-state index in [4.69, 9.17) is 21.7 Å². The molecule has 2 aromatic carbocycles. The highest BCUT2D eigenvalue weighted by Crippen LogP contribution is 2.34. The van der Waals surface area contributed by atoms with Crippen molar-refractivity contribution in [1.82, 2.24) is 0 Å². The van der Waals surface area contributed by atoms with Gasteiger partial charge in [0.1, 0.15) is 10.8 Å². The van der Waals surface area contributed by atoms with E-state index in [0.29, 0.717) is 23.5 Å². The average Bonchev–Trinajstić information content (AvgIpc) is 2.45. The number of halogens is 2. The maximum Gasteiger partial charge on any atom is 0.153 e. The molecule has 0 aromatic heterocycles. The maximum atomic E-state index is 14.2. The van der Waals surface area contributed by atoms with Gasteiger partial charge in [-0.05, 0) is 30.2 Å². The summed E-state index contributed by atoms with van der Waals surface area (Å²) in [5.74, 6) is -0.142. The van der Waals surface area contributed by atoms with Crippen molar-refractivity contribution in [3.8, 4) is 16.9 Å². The zero-order valence-corrected chi connectivity index (χ0v) is 11.2. The van der Waals surface area contributed by atoms with Crippen molar-refractivity contribution < 1.29 is 9.13 Å². The van der Waals surface area contributed by atoms with Crippen LogP contribution < -0.4 is 4.74 Å². The molecule has 4 heteroatoms. The van der Waals surface area contributed by atoms with Crippen molar-refractivity contribution in [3.05, 3.63) is 52.8 Å². The van der Waals surface area contributed by atoms with Gasteiger partial charge in [-0.1, -0.05) is 35.9 Å². The van der Waals surface area contributed by atoms with Crippen molar-refractivity contribution in [1.29, 1.82) is 5.41 Å². The van der Waals surface area contributed by atoms with E-state index >= 15 is 0 Å². The molecule has 19 heavy (non-hydrogen) atoms. The predicted molar refractivity (Wildman–Crippen MR) is 75.9 cm³/mol. The van der Waals surface area contributed by atoms with Crippen LogP contribution in [0, 0.1) is 11.2 Å². The van der Waals surface area contributed by atoms with Crippen molar-refractivity contribution >= 4 is 17.8 Å². The molecule has 0 bridgehead atoms. The lowest BCUT2D eigenvalue weighted by molar-refractivity contribution is 0.338. The quantitative estimate of drug-likeness (QED) is 0.818. The Morgan fingerprint density at radius 2 is 1.89 bits per heavy atom. The molecule has 0 aliphatic heterocycles. The van der Waals surface area contributed by atoms with E-state index in [9.17, 15) is 4.39 Å². The van der Waals surface area contributed by atoms with E-state index in [2.05, 4.69) is 0 Å². The Kier molecular flexibility index (Phi) is 4.17. The van der Waals surface area contributed by atoms with Gasteiger partial charge in [0.2, 0.25) is 0 Å². The molecule has 0 saturated carbocycles. The lowest BCUT2D eigenvalue weighted by Crippen LogP contribution is -1.95. The Labute approximate surface area is 116 Å². The lowest BCUT2D eigenvalue weighted by Gasteiger charge is -2.10. The minimum atomic E-state index is -0.491. The Morgan fingerprint density at radius 1 is 1.21 bits per heavy atom. The van der Waals surface area contributed by atoms with Crippen molar-refractivity contribution in [2.24, 2.45) is 0 Å². The molecule has 0 fully saturated rings. The van der Waals surface area contributed by atoms with Crippen molar-refractivity contribution in [2.75, 3.05) is 6.61 Å². The zero-order chi connectivity index (χ0) is 13.8. The van der Waals surface area contributed by atoms with Crippen LogP contribution in [-0.4, -0.2) is 12.8 Å². The summed E-state index contributed by atoms with van der Waals surface area (Å²) in [6.07, 6.45) is 1.24. The number of hydrogen-bond acceptors (Lipinski definition) is 2. The van der Waals surface area contributed by atoms with Crippen LogP contribution in [0.15, 0.2) is 36.4 Å². The van der Waals surface area contributed by atoms with Crippen LogP contribution in [0.5, 0.6) is 5.75 Å². The highest BCUT2D eigenvalue weighted by molar-refractivity contribution is 6.32. The van der Waals surface area contributed by atoms with E-state index in [1.54, 1.807) is 36.4 Å². The summed E-state index contributed by atoms with van der Waals surface area (Å²) in [5, 5.41) is 7.13. The van der Waals surface area contributed by atoms with Gasteiger partial charge in [0, 0.05) is 11.8 Å². The summed E-state index contributed by atoms with van der Waals surface area (Å²) in [4.78, 5) is 0. The molecule has 0 aliphatic rings. The molecule has 0 heterocycles. The van der Waals surface area contributed by atoms with E-state index < -0.39 is 5.82 Å². The first-order valence-electron chi connectivity index (χ1n) is 5.89. The maximum absolute atomic E-state index is 14.2. The summed E-state index contributed by atoms with van der Waals surface area (Å²) < 4.78 is 19.4. The van der Waals surface area contributed by atoms with Gasteiger partial charge in [0.15, 0.2) is 5.82 Å². The van der Waals surface area contributed by atoms with Gasteiger partial charge in [-0.3, -0.25) is 0 Å². The largest absolute Gasteiger partial charge is 0.492 e. The van der Waals surface area contributed by atoms with Crippen LogP contribution in [0.1, 0.15) is 12.5 Å². The number of benzene rings is 2. The van der Waals surface area contributed by atoms with Crippen LogP contribution in [-0.2, 0) is 0 Å². The van der Waals surface area contributed by atoms with E-state index in [1.165, 1.54) is 6.21 Å². The standard InChI is InChI=1S/C15H13ClFNO/c1-2-19-13-8-7-12(15(17)14(13)16)11-5-3-10(9-18)4-6-11/h3-9,18H,2H2,1H3. The summed E-state index contributed by atoms with van der Waals surface area (Å²) in [6, 6.07) is 10.3. The van der Waals surface area contributed by atoms with Gasteiger partial charge in [0.05, 0.1) is 6.61 Å². The SMILES string of the molecule is CCOc1ccc(-c2ccc(C=N)cc2)c(F)c1Cl. The monoisotopic (exact) mass is 277 g/mol.